The molecule has 12 heavy (non-hydrogen) atoms. The summed E-state index contributed by atoms with van der Waals surface area (Å²) >= 11 is 1.51. The van der Waals surface area contributed by atoms with E-state index in [1.165, 1.54) is 11.8 Å². The van der Waals surface area contributed by atoms with Gasteiger partial charge in [0.1, 0.15) is 0 Å². The first kappa shape index (κ1) is 11.8. The summed E-state index contributed by atoms with van der Waals surface area (Å²) in [7, 11) is 0. The lowest BCUT2D eigenvalue weighted by atomic mass is 10.1. The molecule has 0 spiro atoms. The van der Waals surface area contributed by atoms with Crippen LogP contribution in [0.25, 0.3) is 0 Å². The van der Waals surface area contributed by atoms with E-state index in [9.17, 15) is 4.79 Å². The molecule has 1 amide bonds. The van der Waals surface area contributed by atoms with E-state index >= 15 is 0 Å². The average molecular weight is 191 g/mol. The van der Waals surface area contributed by atoms with Crippen molar-refractivity contribution in [1.29, 1.82) is 0 Å². The highest BCUT2D eigenvalue weighted by Gasteiger charge is 2.03. The van der Waals surface area contributed by atoms with Gasteiger partial charge in [-0.25, -0.2) is 0 Å². The second kappa shape index (κ2) is 7.43. The Balaban J connectivity index is 3.33. The van der Waals surface area contributed by atoms with Crippen LogP contribution in [-0.4, -0.2) is 36.2 Å². The molecule has 0 aliphatic carbocycles. The SMILES string of the molecule is CSCC(=O)NCC(C)CCO. The number of rotatable bonds is 6. The monoisotopic (exact) mass is 191 g/mol. The molecule has 2 N–H and O–H groups in total. The molecule has 0 saturated heterocycles. The van der Waals surface area contributed by atoms with Crippen molar-refractivity contribution in [2.75, 3.05) is 25.2 Å². The van der Waals surface area contributed by atoms with Crippen LogP contribution < -0.4 is 5.32 Å². The molecule has 4 heteroatoms. The van der Waals surface area contributed by atoms with Crippen LogP contribution in [0.3, 0.4) is 0 Å². The number of aliphatic hydroxyl groups is 1. The van der Waals surface area contributed by atoms with E-state index in [0.29, 0.717) is 18.2 Å². The molecule has 0 aromatic carbocycles. The number of hydrogen-bond donors (Lipinski definition) is 2. The van der Waals surface area contributed by atoms with Crippen LogP contribution in [-0.2, 0) is 4.79 Å². The van der Waals surface area contributed by atoms with Gasteiger partial charge in [-0.2, -0.15) is 11.8 Å². The zero-order valence-electron chi connectivity index (χ0n) is 7.67. The first-order valence-electron chi connectivity index (χ1n) is 4.07. The lowest BCUT2D eigenvalue weighted by Gasteiger charge is -2.10. The molecule has 1 atom stereocenters. The van der Waals surface area contributed by atoms with Crippen molar-refractivity contribution in [3.63, 3.8) is 0 Å². The predicted octanol–water partition coefficient (Wildman–Crippen LogP) is 0.484. The number of thioether (sulfide) groups is 1. The van der Waals surface area contributed by atoms with Crippen LogP contribution in [0.1, 0.15) is 13.3 Å². The van der Waals surface area contributed by atoms with Gasteiger partial charge in [0, 0.05) is 13.2 Å². The third-order valence-corrected chi connectivity index (χ3v) is 2.10. The van der Waals surface area contributed by atoms with Crippen molar-refractivity contribution >= 4 is 17.7 Å². The number of carbonyl (C=O) groups excluding carboxylic acids is 1. The van der Waals surface area contributed by atoms with Gasteiger partial charge < -0.3 is 10.4 Å². The van der Waals surface area contributed by atoms with Crippen LogP contribution in [0.15, 0.2) is 0 Å². The van der Waals surface area contributed by atoms with Gasteiger partial charge >= 0.3 is 0 Å². The molecule has 0 bridgehead atoms. The first-order chi connectivity index (χ1) is 5.70. The molecule has 0 aromatic heterocycles. The van der Waals surface area contributed by atoms with Gasteiger partial charge in [0.15, 0.2) is 0 Å². The van der Waals surface area contributed by atoms with E-state index in [4.69, 9.17) is 5.11 Å². The molecule has 0 aliphatic rings. The van der Waals surface area contributed by atoms with E-state index in [-0.39, 0.29) is 12.5 Å². The molecule has 72 valence electrons. The van der Waals surface area contributed by atoms with Crippen LogP contribution >= 0.6 is 11.8 Å². The highest BCUT2D eigenvalue weighted by Crippen LogP contribution is 1.98. The summed E-state index contributed by atoms with van der Waals surface area (Å²) in [6.45, 7) is 2.87. The summed E-state index contributed by atoms with van der Waals surface area (Å²) in [5, 5.41) is 11.4. The normalized spacial score (nSPS) is 12.6. The van der Waals surface area contributed by atoms with Crippen molar-refractivity contribution in [3.8, 4) is 0 Å². The molecular weight excluding hydrogens is 174 g/mol. The highest BCUT2D eigenvalue weighted by molar-refractivity contribution is 7.99. The zero-order chi connectivity index (χ0) is 9.40. The summed E-state index contributed by atoms with van der Waals surface area (Å²) in [5.41, 5.74) is 0. The fourth-order valence-corrected chi connectivity index (χ4v) is 1.16. The van der Waals surface area contributed by atoms with Crippen LogP contribution in [0, 0.1) is 5.92 Å². The van der Waals surface area contributed by atoms with Gasteiger partial charge in [-0.3, -0.25) is 4.79 Å². The van der Waals surface area contributed by atoms with Crippen LogP contribution in [0.5, 0.6) is 0 Å². The Morgan fingerprint density at radius 2 is 2.33 bits per heavy atom. The third-order valence-electron chi connectivity index (χ3n) is 1.55. The van der Waals surface area contributed by atoms with Gasteiger partial charge in [0.2, 0.25) is 5.91 Å². The van der Waals surface area contributed by atoms with E-state index in [2.05, 4.69) is 5.32 Å². The lowest BCUT2D eigenvalue weighted by Crippen LogP contribution is -2.29. The number of hydrogen-bond acceptors (Lipinski definition) is 3. The maximum absolute atomic E-state index is 11.0. The number of carbonyl (C=O) groups is 1. The minimum absolute atomic E-state index is 0.0762. The Hall–Kier alpha value is -0.220. The van der Waals surface area contributed by atoms with Crippen molar-refractivity contribution in [2.45, 2.75) is 13.3 Å². The smallest absolute Gasteiger partial charge is 0.229 e. The third kappa shape index (κ3) is 6.49. The fraction of sp³-hybridized carbons (Fsp3) is 0.875. The summed E-state index contributed by atoms with van der Waals surface area (Å²) in [6, 6.07) is 0. The molecule has 1 unspecified atom stereocenters. The molecule has 0 aliphatic heterocycles. The molecule has 0 aromatic rings. The van der Waals surface area contributed by atoms with Crippen molar-refractivity contribution in [1.82, 2.24) is 5.32 Å². The Morgan fingerprint density at radius 3 is 2.83 bits per heavy atom. The maximum Gasteiger partial charge on any atom is 0.229 e. The van der Waals surface area contributed by atoms with Gasteiger partial charge in [0.05, 0.1) is 5.75 Å². The van der Waals surface area contributed by atoms with Crippen LogP contribution in [0.4, 0.5) is 0 Å². The van der Waals surface area contributed by atoms with Gasteiger partial charge in [-0.1, -0.05) is 6.92 Å². The molecule has 0 saturated carbocycles. The Kier molecular flexibility index (Phi) is 7.29. The molecular formula is C8H17NO2S. The molecule has 0 fully saturated rings. The van der Waals surface area contributed by atoms with Gasteiger partial charge in [-0.05, 0) is 18.6 Å². The Bertz CT molecular complexity index is 130. The predicted molar refractivity (Wildman–Crippen MR) is 52.3 cm³/mol. The minimum Gasteiger partial charge on any atom is -0.396 e. The highest BCUT2D eigenvalue weighted by atomic mass is 32.2. The van der Waals surface area contributed by atoms with Crippen molar-refractivity contribution in [3.05, 3.63) is 0 Å². The molecule has 3 nitrogen and oxygen atoms in total. The summed E-state index contributed by atoms with van der Waals surface area (Å²) in [4.78, 5) is 11.0. The number of amides is 1. The second-order valence-electron chi connectivity index (χ2n) is 2.85. The van der Waals surface area contributed by atoms with E-state index < -0.39 is 0 Å². The summed E-state index contributed by atoms with van der Waals surface area (Å²) in [6.07, 6.45) is 2.65. The second-order valence-corrected chi connectivity index (χ2v) is 3.72. The first-order valence-corrected chi connectivity index (χ1v) is 5.46. The maximum atomic E-state index is 11.0. The standard InChI is InChI=1S/C8H17NO2S/c1-7(3-4-10)5-9-8(11)6-12-2/h7,10H,3-6H2,1-2H3,(H,9,11). The lowest BCUT2D eigenvalue weighted by molar-refractivity contribution is -0.118. The minimum atomic E-state index is 0.0762. The average Bonchev–Trinajstić information content (AvgIpc) is 2.02. The Labute approximate surface area is 77.9 Å². The van der Waals surface area contributed by atoms with Gasteiger partial charge in [0.25, 0.3) is 0 Å². The Morgan fingerprint density at radius 1 is 1.67 bits per heavy atom. The summed E-state index contributed by atoms with van der Waals surface area (Å²) in [5.74, 6) is 0.958. The molecule has 0 heterocycles. The van der Waals surface area contributed by atoms with E-state index in [0.717, 1.165) is 6.42 Å². The largest absolute Gasteiger partial charge is 0.396 e. The summed E-state index contributed by atoms with van der Waals surface area (Å²) < 4.78 is 0. The molecule has 0 rings (SSSR count). The fourth-order valence-electron chi connectivity index (χ4n) is 0.793. The van der Waals surface area contributed by atoms with Crippen molar-refractivity contribution < 1.29 is 9.90 Å². The van der Waals surface area contributed by atoms with Crippen LogP contribution in [0.2, 0.25) is 0 Å². The number of aliphatic hydroxyl groups excluding tert-OH is 1. The molecule has 0 radical (unpaired) electrons. The number of nitrogens with one attached hydrogen (secondary N) is 1. The quantitative estimate of drug-likeness (QED) is 0.642. The van der Waals surface area contributed by atoms with Gasteiger partial charge in [-0.15, -0.1) is 0 Å². The zero-order valence-corrected chi connectivity index (χ0v) is 8.49. The van der Waals surface area contributed by atoms with Crippen molar-refractivity contribution in [2.24, 2.45) is 5.92 Å². The topological polar surface area (TPSA) is 49.3 Å². The van der Waals surface area contributed by atoms with E-state index in [1.54, 1.807) is 0 Å². The van der Waals surface area contributed by atoms with E-state index in [1.807, 2.05) is 13.2 Å².